The molecule has 1 unspecified atom stereocenters. The molecule has 0 rings (SSSR count). The summed E-state index contributed by atoms with van der Waals surface area (Å²) in [5, 5.41) is -6.19. The Morgan fingerprint density at radius 3 is 1.74 bits per heavy atom. The van der Waals surface area contributed by atoms with Gasteiger partial charge in [0.15, 0.2) is 10.1 Å². The fraction of sp³-hybridized carbons (Fsp3) is 0.750. The number of likely N-dealkylation sites (N-methyl/N-ethyl adjacent to an activating group) is 1. The van der Waals surface area contributed by atoms with Crippen LogP contribution in [0.3, 0.4) is 0 Å². The molecule has 0 heterocycles. The molecule has 0 aliphatic heterocycles. The summed E-state index contributed by atoms with van der Waals surface area (Å²) in [6.07, 6.45) is -15.7. The molecule has 0 aliphatic carbocycles. The second-order valence-corrected chi connectivity index (χ2v) is 8.01. The average Bonchev–Trinajstić information content (AvgIpc) is 2.67. The van der Waals surface area contributed by atoms with Gasteiger partial charge < -0.3 is 18.9 Å². The van der Waals surface area contributed by atoms with Gasteiger partial charge in [0, 0.05) is 19.5 Å². The first-order valence-corrected chi connectivity index (χ1v) is 10.5. The molecule has 8 nitrogen and oxygen atoms in total. The summed E-state index contributed by atoms with van der Waals surface area (Å²) < 4.78 is 172. The van der Waals surface area contributed by atoms with E-state index in [9.17, 15) is 66.5 Å². The van der Waals surface area contributed by atoms with Crippen LogP contribution < -0.4 is 0 Å². The van der Waals surface area contributed by atoms with E-state index in [1.807, 2.05) is 0 Å². The van der Waals surface area contributed by atoms with Crippen LogP contribution >= 0.6 is 0 Å². The number of hydrogen-bond donors (Lipinski definition) is 0. The van der Waals surface area contributed by atoms with Crippen molar-refractivity contribution in [2.45, 2.75) is 56.0 Å². The molecular formula is C16H18F10NO7S-. The molecule has 0 aliphatic rings. The van der Waals surface area contributed by atoms with E-state index < -0.39 is 89.4 Å². The van der Waals surface area contributed by atoms with Crippen molar-refractivity contribution in [1.82, 2.24) is 4.90 Å². The Morgan fingerprint density at radius 1 is 0.943 bits per heavy atom. The van der Waals surface area contributed by atoms with Crippen LogP contribution in [0.1, 0.15) is 26.7 Å². The molecule has 0 aromatic heterocycles. The monoisotopic (exact) mass is 558 g/mol. The van der Waals surface area contributed by atoms with E-state index in [1.54, 1.807) is 0 Å². The Balaban J connectivity index is 6.18. The number of carbonyl (C=O) groups excluding carboxylic acids is 2. The summed E-state index contributed by atoms with van der Waals surface area (Å²) in [7, 11) is -6.92. The van der Waals surface area contributed by atoms with Crippen molar-refractivity contribution in [2.75, 3.05) is 19.7 Å². The van der Waals surface area contributed by atoms with Crippen LogP contribution in [0.5, 0.6) is 0 Å². The van der Waals surface area contributed by atoms with Crippen LogP contribution in [0, 0.1) is 0 Å². The highest BCUT2D eigenvalue weighted by molar-refractivity contribution is 7.86. The summed E-state index contributed by atoms with van der Waals surface area (Å²) in [6.45, 7) is 1.52. The Kier molecular flexibility index (Phi) is 10.2. The Labute approximate surface area is 191 Å². The number of ether oxygens (including phenoxy) is 2. The first-order chi connectivity index (χ1) is 15.4. The summed E-state index contributed by atoms with van der Waals surface area (Å²) in [5.74, 6) is -15.6. The molecule has 0 fully saturated rings. The van der Waals surface area contributed by atoms with Crippen molar-refractivity contribution >= 4 is 22.0 Å². The first kappa shape index (κ1) is 32.8. The maximum absolute atomic E-state index is 13.8. The van der Waals surface area contributed by atoms with Crippen LogP contribution in [0.15, 0.2) is 12.2 Å². The fourth-order valence-electron chi connectivity index (χ4n) is 2.26. The molecular weight excluding hydrogens is 540 g/mol. The maximum Gasteiger partial charge on any atom is 0.466 e. The number of nitrogens with zero attached hydrogens (tertiary/aromatic N) is 1. The number of hydrogen-bond acceptors (Lipinski definition) is 7. The van der Waals surface area contributed by atoms with Crippen LogP contribution in [0.2, 0.25) is 0 Å². The Bertz CT molecular complexity index is 897. The topological polar surface area (TPSA) is 113 Å². The van der Waals surface area contributed by atoms with Crippen LogP contribution in [-0.2, 0) is 29.2 Å². The lowest BCUT2D eigenvalue weighted by Gasteiger charge is -2.37. The smallest absolute Gasteiger partial charge is 0.466 e. The number of rotatable bonds is 12. The largest absolute Gasteiger partial charge is 0.743 e. The van der Waals surface area contributed by atoms with Crippen LogP contribution in [0.4, 0.5) is 43.9 Å². The van der Waals surface area contributed by atoms with Gasteiger partial charge in [0.05, 0.1) is 6.61 Å². The standard InChI is InChI=1S/C16H19F10NO7S/c1-4-27(5-2)11(29)13(15(22,23)24,34-10(28)9(3)14(19,20)21)33-8-6-7-12(17,18)16(25,26)35(30,31)32/h3-8H2,1-2H3,(H,30,31,32)/p-1. The fourth-order valence-corrected chi connectivity index (χ4v) is 2.73. The third kappa shape index (κ3) is 7.18. The molecule has 0 radical (unpaired) electrons. The summed E-state index contributed by atoms with van der Waals surface area (Å²) in [5.41, 5.74) is -2.51. The second-order valence-electron chi connectivity index (χ2n) is 6.58. The van der Waals surface area contributed by atoms with E-state index in [0.717, 1.165) is 13.8 Å². The van der Waals surface area contributed by atoms with Gasteiger partial charge in [0.1, 0.15) is 5.57 Å². The van der Waals surface area contributed by atoms with Crippen LogP contribution in [-0.4, -0.2) is 78.8 Å². The van der Waals surface area contributed by atoms with Gasteiger partial charge in [0.25, 0.3) is 0 Å². The molecule has 19 heteroatoms. The average molecular weight is 558 g/mol. The highest BCUT2D eigenvalue weighted by Crippen LogP contribution is 2.42. The highest BCUT2D eigenvalue weighted by Gasteiger charge is 2.68. The molecule has 0 aromatic carbocycles. The van der Waals surface area contributed by atoms with Gasteiger partial charge in [-0.1, -0.05) is 6.58 Å². The number of alkyl halides is 10. The molecule has 0 spiro atoms. The molecule has 1 amide bonds. The van der Waals surface area contributed by atoms with Gasteiger partial charge in [-0.3, -0.25) is 4.79 Å². The first-order valence-electron chi connectivity index (χ1n) is 9.13. The van der Waals surface area contributed by atoms with Crippen molar-refractivity contribution in [1.29, 1.82) is 0 Å². The third-order valence-corrected chi connectivity index (χ3v) is 5.14. The van der Waals surface area contributed by atoms with Crippen molar-refractivity contribution in [3.05, 3.63) is 12.2 Å². The molecule has 35 heavy (non-hydrogen) atoms. The van der Waals surface area contributed by atoms with Gasteiger partial charge in [-0.2, -0.15) is 43.9 Å². The Hall–Kier alpha value is -2.15. The predicted octanol–water partition coefficient (Wildman–Crippen LogP) is 3.35. The zero-order valence-corrected chi connectivity index (χ0v) is 18.6. The third-order valence-electron chi connectivity index (χ3n) is 4.21. The zero-order valence-electron chi connectivity index (χ0n) is 17.7. The van der Waals surface area contributed by atoms with E-state index in [-0.39, 0.29) is 4.90 Å². The minimum absolute atomic E-state index is 0.282. The van der Waals surface area contributed by atoms with E-state index in [2.05, 4.69) is 16.1 Å². The summed E-state index contributed by atoms with van der Waals surface area (Å²) in [4.78, 5) is 24.4. The molecule has 0 saturated carbocycles. The van der Waals surface area contributed by atoms with Gasteiger partial charge in [-0.05, 0) is 20.3 Å². The van der Waals surface area contributed by atoms with Crippen molar-refractivity contribution in [3.63, 3.8) is 0 Å². The SMILES string of the molecule is C=C(C(=O)OC(OCCCC(F)(F)C(F)(F)S(=O)(=O)[O-])(C(=O)N(CC)CC)C(F)(F)F)C(F)(F)F. The van der Waals surface area contributed by atoms with E-state index in [0.29, 0.717) is 0 Å². The van der Waals surface area contributed by atoms with Crippen LogP contribution in [0.25, 0.3) is 0 Å². The molecule has 0 saturated heterocycles. The van der Waals surface area contributed by atoms with E-state index in [4.69, 9.17) is 0 Å². The molecule has 0 bridgehead atoms. The molecule has 0 N–H and O–H groups in total. The summed E-state index contributed by atoms with van der Waals surface area (Å²) >= 11 is 0. The van der Waals surface area contributed by atoms with Gasteiger partial charge >= 0.3 is 41.2 Å². The quantitative estimate of drug-likeness (QED) is 0.0902. The number of esters is 1. The minimum atomic E-state index is -6.92. The maximum atomic E-state index is 13.8. The van der Waals surface area contributed by atoms with Crippen molar-refractivity contribution in [2.24, 2.45) is 0 Å². The summed E-state index contributed by atoms with van der Waals surface area (Å²) in [6, 6.07) is 0. The van der Waals surface area contributed by atoms with E-state index in [1.165, 1.54) is 0 Å². The van der Waals surface area contributed by atoms with Crippen molar-refractivity contribution in [3.8, 4) is 0 Å². The van der Waals surface area contributed by atoms with Gasteiger partial charge in [-0.25, -0.2) is 13.2 Å². The zero-order chi connectivity index (χ0) is 28.3. The normalized spacial score (nSPS) is 15.3. The lowest BCUT2D eigenvalue weighted by molar-refractivity contribution is -0.351. The second kappa shape index (κ2) is 10.9. The molecule has 206 valence electrons. The Morgan fingerprint density at radius 2 is 1.40 bits per heavy atom. The minimum Gasteiger partial charge on any atom is -0.743 e. The highest BCUT2D eigenvalue weighted by atomic mass is 32.2. The van der Waals surface area contributed by atoms with Gasteiger partial charge in [0.2, 0.25) is 0 Å². The lowest BCUT2D eigenvalue weighted by Crippen LogP contribution is -2.62. The number of amides is 1. The number of carbonyl (C=O) groups is 2. The number of halogens is 10. The van der Waals surface area contributed by atoms with Gasteiger partial charge in [-0.15, -0.1) is 0 Å². The van der Waals surface area contributed by atoms with Crippen molar-refractivity contribution < 1.29 is 75.9 Å². The van der Waals surface area contributed by atoms with E-state index >= 15 is 0 Å². The lowest BCUT2D eigenvalue weighted by atomic mass is 10.1. The molecule has 1 atom stereocenters. The predicted molar refractivity (Wildman–Crippen MR) is 92.8 cm³/mol. The molecule has 0 aromatic rings.